The zero-order valence-electron chi connectivity index (χ0n) is 8.49. The van der Waals surface area contributed by atoms with Gasteiger partial charge in [0, 0.05) is 0 Å². The van der Waals surface area contributed by atoms with Crippen molar-refractivity contribution >= 4 is 25.3 Å². The topological polar surface area (TPSA) is 179 Å². The molecule has 0 aromatic heterocycles. The highest BCUT2D eigenvalue weighted by atomic mass is 32.2. The summed E-state index contributed by atoms with van der Waals surface area (Å²) in [4.78, 5) is 34.6. The van der Waals surface area contributed by atoms with E-state index < -0.39 is 42.8 Å². The Balaban J connectivity index is 5.58. The van der Waals surface area contributed by atoms with Crippen molar-refractivity contribution in [2.45, 2.75) is 12.0 Å². The fourth-order valence-electron chi connectivity index (χ4n) is 0.796. The molecule has 0 bridgehead atoms. The molecule has 0 spiro atoms. The maximum Gasteiger partial charge on any atom is 0.370 e. The molecule has 0 heterocycles. The van der Waals surface area contributed by atoms with Crippen LogP contribution in [-0.2, 0) is 23.4 Å². The van der Waals surface area contributed by atoms with Crippen molar-refractivity contribution in [2.24, 2.45) is 0 Å². The van der Waals surface area contributed by atoms with Crippen molar-refractivity contribution in [2.75, 3.05) is 12.4 Å². The van der Waals surface area contributed by atoms with E-state index in [1.807, 2.05) is 0 Å². The Morgan fingerprint density at radius 2 is 1.47 bits per heavy atom. The highest BCUT2D eigenvalue weighted by molar-refractivity contribution is 7.88. The molecule has 0 atom stereocenters. The van der Waals surface area contributed by atoms with Crippen LogP contribution in [-0.4, -0.2) is 50.5 Å². The van der Waals surface area contributed by atoms with Crippen LogP contribution in [0.4, 0.5) is 0 Å². The maximum atomic E-state index is 11.1. The quantitative estimate of drug-likeness (QED) is 0.282. The van der Waals surface area contributed by atoms with Gasteiger partial charge in [-0.3, -0.25) is 13.3 Å². The average Bonchev–Trinajstić information content (AvgIpc) is 1.97. The number of hydrogen-bond acceptors (Lipinski definition) is 6. The van der Waals surface area contributed by atoms with Gasteiger partial charge in [0.2, 0.25) is 0 Å². The molecule has 0 aromatic rings. The molecule has 0 rings (SSSR count). The highest BCUT2D eigenvalue weighted by Gasteiger charge is 2.62. The summed E-state index contributed by atoms with van der Waals surface area (Å²) in [5.74, 6) is -1.91. The molecule has 0 radical (unpaired) electrons. The number of hydrogen-bond donors (Lipinski definition) is 5. The molecule has 0 saturated carbocycles. The molecule has 0 amide bonds. The Morgan fingerprint density at radius 1 is 1.12 bits per heavy atom. The minimum Gasteiger partial charge on any atom is -0.367 e. The lowest BCUT2D eigenvalue weighted by Gasteiger charge is -2.28. The Hall–Kier alpha value is 0.170. The van der Waals surface area contributed by atoms with Gasteiger partial charge in [-0.05, 0) is 6.92 Å². The van der Waals surface area contributed by atoms with Crippen molar-refractivity contribution in [3.05, 3.63) is 0 Å². The van der Waals surface area contributed by atoms with E-state index in [-0.39, 0.29) is 0 Å². The van der Waals surface area contributed by atoms with E-state index in [4.69, 9.17) is 19.6 Å². The predicted molar refractivity (Wildman–Crippen MR) is 54.5 cm³/mol. The molecule has 104 valence electrons. The van der Waals surface area contributed by atoms with E-state index in [1.54, 1.807) is 0 Å². The van der Waals surface area contributed by atoms with Gasteiger partial charge in [-0.25, -0.2) is 0 Å². The summed E-state index contributed by atoms with van der Waals surface area (Å²) in [6.45, 7) is 0.812. The second-order valence-electron chi connectivity index (χ2n) is 2.97. The van der Waals surface area contributed by atoms with Crippen molar-refractivity contribution in [3.8, 4) is 0 Å². The van der Waals surface area contributed by atoms with Crippen LogP contribution in [0.1, 0.15) is 6.92 Å². The fraction of sp³-hybridized carbons (Fsp3) is 1.00. The van der Waals surface area contributed by atoms with Crippen LogP contribution in [0.5, 0.6) is 0 Å². The lowest BCUT2D eigenvalue weighted by atomic mass is 10.8. The fourth-order valence-corrected chi connectivity index (χ4v) is 5.36. The highest BCUT2D eigenvalue weighted by Crippen LogP contribution is 2.67. The molecule has 0 aromatic carbocycles. The SMILES string of the molecule is CCOS(=O)(=O)CC(O)(P(=O)(O)O)P(=O)(O)O. The lowest BCUT2D eigenvalue weighted by Crippen LogP contribution is -2.37. The van der Waals surface area contributed by atoms with E-state index in [2.05, 4.69) is 4.18 Å². The second kappa shape index (κ2) is 5.04. The number of rotatable bonds is 6. The third-order valence-electron chi connectivity index (χ3n) is 1.60. The monoisotopic (exact) mass is 314 g/mol. The molecule has 17 heavy (non-hydrogen) atoms. The molecule has 5 N–H and O–H groups in total. The molecule has 0 aliphatic heterocycles. The molecule has 0 aliphatic carbocycles. The van der Waals surface area contributed by atoms with Crippen LogP contribution < -0.4 is 0 Å². The summed E-state index contributed by atoms with van der Waals surface area (Å²) >= 11 is 0. The zero-order valence-corrected chi connectivity index (χ0v) is 11.1. The summed E-state index contributed by atoms with van der Waals surface area (Å²) in [5, 5.41) is 5.24. The average molecular weight is 314 g/mol. The predicted octanol–water partition coefficient (Wildman–Crippen LogP) is -1.65. The second-order valence-corrected chi connectivity index (χ2v) is 8.62. The Kier molecular flexibility index (Phi) is 5.09. The van der Waals surface area contributed by atoms with Crippen LogP contribution in [0.2, 0.25) is 0 Å². The van der Waals surface area contributed by atoms with E-state index in [9.17, 15) is 22.7 Å². The van der Waals surface area contributed by atoms with Gasteiger partial charge in [0.15, 0.2) is 0 Å². The van der Waals surface area contributed by atoms with Crippen LogP contribution in [0.25, 0.3) is 0 Å². The van der Waals surface area contributed by atoms with Crippen molar-refractivity contribution in [3.63, 3.8) is 0 Å². The Morgan fingerprint density at radius 3 is 1.71 bits per heavy atom. The van der Waals surface area contributed by atoms with Crippen molar-refractivity contribution < 1.29 is 46.4 Å². The van der Waals surface area contributed by atoms with Gasteiger partial charge in [0.25, 0.3) is 15.2 Å². The first-order valence-electron chi connectivity index (χ1n) is 3.97. The normalized spacial score (nSPS) is 14.9. The van der Waals surface area contributed by atoms with Gasteiger partial charge in [0.05, 0.1) is 6.61 Å². The van der Waals surface area contributed by atoms with Crippen LogP contribution in [0.3, 0.4) is 0 Å². The molecule has 10 nitrogen and oxygen atoms in total. The first-order chi connectivity index (χ1) is 7.27. The third kappa shape index (κ3) is 4.09. The zero-order chi connectivity index (χ0) is 14.1. The van der Waals surface area contributed by atoms with E-state index >= 15 is 0 Å². The van der Waals surface area contributed by atoms with Crippen LogP contribution in [0, 0.1) is 0 Å². The molecule has 13 heteroatoms. The summed E-state index contributed by atoms with van der Waals surface area (Å²) < 4.78 is 47.8. The number of aliphatic hydroxyl groups is 1. The largest absolute Gasteiger partial charge is 0.370 e. The summed E-state index contributed by atoms with van der Waals surface area (Å²) in [7, 11) is -16.3. The summed E-state index contributed by atoms with van der Waals surface area (Å²) in [6, 6.07) is 0. The first-order valence-corrected chi connectivity index (χ1v) is 8.78. The van der Waals surface area contributed by atoms with Crippen LogP contribution >= 0.6 is 15.2 Å². The minimum atomic E-state index is -5.80. The summed E-state index contributed by atoms with van der Waals surface area (Å²) in [6.07, 6.45) is 0. The van der Waals surface area contributed by atoms with Gasteiger partial charge in [-0.1, -0.05) is 0 Å². The van der Waals surface area contributed by atoms with Gasteiger partial charge in [-0.15, -0.1) is 0 Å². The minimum absolute atomic E-state index is 0.416. The molecule has 0 aliphatic rings. The summed E-state index contributed by atoms with van der Waals surface area (Å²) in [5.41, 5.74) is 0. The van der Waals surface area contributed by atoms with Crippen molar-refractivity contribution in [1.29, 1.82) is 0 Å². The van der Waals surface area contributed by atoms with Gasteiger partial charge in [-0.2, -0.15) is 8.42 Å². The Labute approximate surface area is 96.7 Å². The molecule has 0 saturated heterocycles. The van der Waals surface area contributed by atoms with Crippen molar-refractivity contribution in [1.82, 2.24) is 0 Å². The smallest absolute Gasteiger partial charge is 0.367 e. The molecule has 0 fully saturated rings. The first kappa shape index (κ1) is 17.2. The Bertz CT molecular complexity index is 433. The lowest BCUT2D eigenvalue weighted by molar-refractivity contribution is 0.145. The van der Waals surface area contributed by atoms with Gasteiger partial charge >= 0.3 is 15.2 Å². The van der Waals surface area contributed by atoms with Gasteiger partial charge < -0.3 is 24.7 Å². The van der Waals surface area contributed by atoms with E-state index in [0.717, 1.165) is 0 Å². The van der Waals surface area contributed by atoms with Crippen LogP contribution in [0.15, 0.2) is 0 Å². The molecule has 0 unspecified atom stereocenters. The maximum absolute atomic E-state index is 11.1. The van der Waals surface area contributed by atoms with E-state index in [1.165, 1.54) is 6.92 Å². The molecular weight excluding hydrogens is 302 g/mol. The van der Waals surface area contributed by atoms with Gasteiger partial charge in [0.1, 0.15) is 5.75 Å². The molecular formula is C4H12O10P2S. The third-order valence-corrected chi connectivity index (χ3v) is 7.14. The standard InChI is InChI=1S/C4H12O10P2S/c1-2-14-17(12,13)3-4(5,15(6,7)8)16(9,10)11/h5H,2-3H2,1H3,(H2,6,7,8)(H2,9,10,11). The van der Waals surface area contributed by atoms with E-state index in [0.29, 0.717) is 0 Å².